The zero-order valence-electron chi connectivity index (χ0n) is 16.1. The van der Waals surface area contributed by atoms with E-state index < -0.39 is 10.0 Å². The topological polar surface area (TPSA) is 75.3 Å². The second-order valence-electron chi connectivity index (χ2n) is 6.84. The standard InChI is InChI=1S/C23H19FN2O3S/c1-2-30(28,29)26-18-12-13-20-19(14-18)22(23(27)25-20)21(15-6-4-3-5-7-15)16-8-10-17(24)11-9-16/h3-14,26H,2H2,1H3,(H,25,27). The number of halogens is 1. The van der Waals surface area contributed by atoms with Gasteiger partial charge in [-0.2, -0.15) is 0 Å². The van der Waals surface area contributed by atoms with Crippen LogP contribution in [0.4, 0.5) is 15.8 Å². The maximum absolute atomic E-state index is 13.5. The molecule has 3 aromatic carbocycles. The first-order valence-corrected chi connectivity index (χ1v) is 11.0. The van der Waals surface area contributed by atoms with Crippen LogP contribution < -0.4 is 10.0 Å². The van der Waals surface area contributed by atoms with Crippen molar-refractivity contribution in [3.05, 3.63) is 95.3 Å². The molecule has 0 saturated carbocycles. The molecule has 3 aromatic rings. The highest BCUT2D eigenvalue weighted by Gasteiger charge is 2.29. The van der Waals surface area contributed by atoms with Gasteiger partial charge in [-0.05, 0) is 48.4 Å². The van der Waals surface area contributed by atoms with Crippen LogP contribution in [-0.4, -0.2) is 20.1 Å². The van der Waals surface area contributed by atoms with Crippen LogP contribution in [0.3, 0.4) is 0 Å². The number of hydrogen-bond donors (Lipinski definition) is 2. The number of sulfonamides is 1. The highest BCUT2D eigenvalue weighted by atomic mass is 32.2. The number of benzene rings is 3. The molecule has 152 valence electrons. The summed E-state index contributed by atoms with van der Waals surface area (Å²) in [6.45, 7) is 1.55. The van der Waals surface area contributed by atoms with E-state index in [1.54, 1.807) is 37.3 Å². The summed E-state index contributed by atoms with van der Waals surface area (Å²) in [5.74, 6) is -0.734. The minimum absolute atomic E-state index is 0.0607. The van der Waals surface area contributed by atoms with Gasteiger partial charge in [-0.25, -0.2) is 12.8 Å². The van der Waals surface area contributed by atoms with E-state index in [2.05, 4.69) is 10.0 Å². The number of fused-ring (bicyclic) bond motifs is 1. The Kier molecular flexibility index (Phi) is 5.13. The van der Waals surface area contributed by atoms with Gasteiger partial charge >= 0.3 is 0 Å². The summed E-state index contributed by atoms with van der Waals surface area (Å²) in [7, 11) is -3.46. The van der Waals surface area contributed by atoms with Crippen molar-refractivity contribution in [3.63, 3.8) is 0 Å². The zero-order valence-corrected chi connectivity index (χ0v) is 17.0. The molecule has 0 bridgehead atoms. The summed E-state index contributed by atoms with van der Waals surface area (Å²) in [5.41, 5.74) is 4.06. The van der Waals surface area contributed by atoms with Crippen LogP contribution in [0, 0.1) is 5.82 Å². The van der Waals surface area contributed by atoms with Crippen LogP contribution >= 0.6 is 0 Å². The van der Waals surface area contributed by atoms with E-state index in [9.17, 15) is 17.6 Å². The molecule has 0 unspecified atom stereocenters. The molecule has 2 N–H and O–H groups in total. The average Bonchev–Trinajstić information content (AvgIpc) is 3.05. The predicted octanol–water partition coefficient (Wildman–Crippen LogP) is 4.50. The van der Waals surface area contributed by atoms with Crippen LogP contribution in [-0.2, 0) is 14.8 Å². The number of hydrogen-bond acceptors (Lipinski definition) is 3. The maximum atomic E-state index is 13.5. The third kappa shape index (κ3) is 3.84. The lowest BCUT2D eigenvalue weighted by atomic mass is 9.90. The summed E-state index contributed by atoms with van der Waals surface area (Å²) in [5, 5.41) is 2.83. The molecule has 0 radical (unpaired) electrons. The second-order valence-corrected chi connectivity index (χ2v) is 8.85. The van der Waals surface area contributed by atoms with Gasteiger partial charge in [0.25, 0.3) is 5.91 Å². The van der Waals surface area contributed by atoms with Gasteiger partial charge in [-0.15, -0.1) is 0 Å². The summed E-state index contributed by atoms with van der Waals surface area (Å²) < 4.78 is 40.0. The normalized spacial score (nSPS) is 14.8. The van der Waals surface area contributed by atoms with Gasteiger partial charge in [-0.3, -0.25) is 9.52 Å². The summed E-state index contributed by atoms with van der Waals surface area (Å²) in [6, 6.07) is 20.2. The number of anilines is 2. The molecule has 1 aliphatic heterocycles. The summed E-state index contributed by atoms with van der Waals surface area (Å²) >= 11 is 0. The minimum atomic E-state index is -3.46. The number of rotatable bonds is 5. The third-order valence-electron chi connectivity index (χ3n) is 4.86. The van der Waals surface area contributed by atoms with Gasteiger partial charge in [0, 0.05) is 22.5 Å². The Balaban J connectivity index is 1.95. The van der Waals surface area contributed by atoms with Crippen molar-refractivity contribution >= 4 is 38.5 Å². The van der Waals surface area contributed by atoms with Crippen LogP contribution in [0.1, 0.15) is 23.6 Å². The molecule has 30 heavy (non-hydrogen) atoms. The molecular weight excluding hydrogens is 403 g/mol. The third-order valence-corrected chi connectivity index (χ3v) is 6.17. The number of carbonyl (C=O) groups is 1. The molecule has 1 aliphatic rings. The lowest BCUT2D eigenvalue weighted by Gasteiger charge is -2.13. The average molecular weight is 422 g/mol. The van der Waals surface area contributed by atoms with Crippen molar-refractivity contribution in [1.29, 1.82) is 0 Å². The van der Waals surface area contributed by atoms with E-state index in [0.717, 1.165) is 5.56 Å². The van der Waals surface area contributed by atoms with Crippen molar-refractivity contribution < 1.29 is 17.6 Å². The van der Waals surface area contributed by atoms with Crippen LogP contribution in [0.5, 0.6) is 0 Å². The van der Waals surface area contributed by atoms with Crippen LogP contribution in [0.25, 0.3) is 11.1 Å². The zero-order chi connectivity index (χ0) is 21.3. The lowest BCUT2D eigenvalue weighted by Crippen LogP contribution is -2.14. The van der Waals surface area contributed by atoms with E-state index in [0.29, 0.717) is 33.6 Å². The van der Waals surface area contributed by atoms with E-state index in [1.807, 2.05) is 30.3 Å². The highest BCUT2D eigenvalue weighted by molar-refractivity contribution is 7.92. The molecule has 0 atom stereocenters. The van der Waals surface area contributed by atoms with Crippen molar-refractivity contribution in [2.24, 2.45) is 0 Å². The van der Waals surface area contributed by atoms with E-state index in [1.165, 1.54) is 12.1 Å². The van der Waals surface area contributed by atoms with E-state index in [4.69, 9.17) is 0 Å². The fourth-order valence-electron chi connectivity index (χ4n) is 3.41. The smallest absolute Gasteiger partial charge is 0.257 e. The van der Waals surface area contributed by atoms with Gasteiger partial charge in [0.1, 0.15) is 5.82 Å². The molecule has 7 heteroatoms. The highest BCUT2D eigenvalue weighted by Crippen LogP contribution is 2.41. The predicted molar refractivity (Wildman–Crippen MR) is 117 cm³/mol. The van der Waals surface area contributed by atoms with Gasteiger partial charge < -0.3 is 5.32 Å². The SMILES string of the molecule is CCS(=O)(=O)Nc1ccc2c(c1)C(=C(c1ccccc1)c1ccc(F)cc1)C(=O)N2. The molecule has 0 aliphatic carbocycles. The molecule has 5 nitrogen and oxygen atoms in total. The molecule has 1 amide bonds. The first kappa shape index (κ1) is 19.8. The fourth-order valence-corrected chi connectivity index (χ4v) is 4.04. The Morgan fingerprint density at radius 3 is 2.30 bits per heavy atom. The van der Waals surface area contributed by atoms with Gasteiger partial charge in [0.05, 0.1) is 11.3 Å². The summed E-state index contributed by atoms with van der Waals surface area (Å²) in [4.78, 5) is 13.0. The molecule has 0 saturated heterocycles. The number of amides is 1. The number of nitrogens with one attached hydrogen (secondary N) is 2. The van der Waals surface area contributed by atoms with Crippen molar-refractivity contribution in [3.8, 4) is 0 Å². The Labute approximate surface area is 174 Å². The molecule has 0 fully saturated rings. The Hall–Kier alpha value is -3.45. The maximum Gasteiger partial charge on any atom is 0.257 e. The lowest BCUT2D eigenvalue weighted by molar-refractivity contribution is -0.110. The van der Waals surface area contributed by atoms with Gasteiger partial charge in [0.2, 0.25) is 10.0 Å². The molecule has 0 aromatic heterocycles. The minimum Gasteiger partial charge on any atom is -0.321 e. The van der Waals surface area contributed by atoms with E-state index in [-0.39, 0.29) is 17.5 Å². The molecule has 1 heterocycles. The van der Waals surface area contributed by atoms with Crippen LogP contribution in [0.15, 0.2) is 72.8 Å². The monoisotopic (exact) mass is 422 g/mol. The van der Waals surface area contributed by atoms with Crippen molar-refractivity contribution in [2.45, 2.75) is 6.92 Å². The Morgan fingerprint density at radius 2 is 1.63 bits per heavy atom. The van der Waals surface area contributed by atoms with Crippen molar-refractivity contribution in [2.75, 3.05) is 15.8 Å². The van der Waals surface area contributed by atoms with Crippen molar-refractivity contribution in [1.82, 2.24) is 0 Å². The first-order chi connectivity index (χ1) is 14.4. The second kappa shape index (κ2) is 7.76. The Bertz CT molecular complexity index is 1250. The first-order valence-electron chi connectivity index (χ1n) is 9.40. The quantitative estimate of drug-likeness (QED) is 0.595. The van der Waals surface area contributed by atoms with Gasteiger partial charge in [0.15, 0.2) is 0 Å². The van der Waals surface area contributed by atoms with E-state index >= 15 is 0 Å². The number of carbonyl (C=O) groups excluding carboxylic acids is 1. The molecular formula is C23H19FN2O3S. The molecule has 0 spiro atoms. The van der Waals surface area contributed by atoms with Crippen LogP contribution in [0.2, 0.25) is 0 Å². The van der Waals surface area contributed by atoms with Gasteiger partial charge in [-0.1, -0.05) is 42.5 Å². The fraction of sp³-hybridized carbons (Fsp3) is 0.0870. The molecule has 4 rings (SSSR count). The Morgan fingerprint density at radius 1 is 0.967 bits per heavy atom. The summed E-state index contributed by atoms with van der Waals surface area (Å²) in [6.07, 6.45) is 0. The largest absolute Gasteiger partial charge is 0.321 e.